The molecule has 17 heavy (non-hydrogen) atoms. The van der Waals surface area contributed by atoms with Crippen LogP contribution in [0, 0.1) is 0 Å². The molecule has 0 bridgehead atoms. The summed E-state index contributed by atoms with van der Waals surface area (Å²) in [6.45, 7) is 2.67. The molecule has 0 spiro atoms. The molecule has 2 nitrogen and oxygen atoms in total. The van der Waals surface area contributed by atoms with Gasteiger partial charge in [-0.2, -0.15) is 11.3 Å². The van der Waals surface area contributed by atoms with Crippen LogP contribution in [-0.2, 0) is 0 Å². The third-order valence-corrected chi connectivity index (χ3v) is 3.15. The van der Waals surface area contributed by atoms with Crippen molar-refractivity contribution >= 4 is 23.7 Å². The molecule has 0 aliphatic carbocycles. The summed E-state index contributed by atoms with van der Waals surface area (Å²) < 4.78 is 5.39. The number of nitrogens with two attached hydrogens (primary N) is 1. The number of thiophene rings is 1. The molecule has 4 heteroatoms. The van der Waals surface area contributed by atoms with Gasteiger partial charge in [-0.3, -0.25) is 0 Å². The van der Waals surface area contributed by atoms with E-state index in [1.807, 2.05) is 36.6 Å². The van der Waals surface area contributed by atoms with Crippen LogP contribution in [0.1, 0.15) is 24.1 Å². The average Bonchev–Trinajstić information content (AvgIpc) is 2.83. The Morgan fingerprint density at radius 3 is 2.41 bits per heavy atom. The van der Waals surface area contributed by atoms with E-state index in [4.69, 9.17) is 10.5 Å². The Kier molecular flexibility index (Phi) is 5.48. The highest BCUT2D eigenvalue weighted by atomic mass is 35.5. The molecule has 1 heterocycles. The van der Waals surface area contributed by atoms with E-state index in [0.717, 1.165) is 16.9 Å². The topological polar surface area (TPSA) is 35.2 Å². The van der Waals surface area contributed by atoms with E-state index in [0.29, 0.717) is 6.61 Å². The number of hydrogen-bond acceptors (Lipinski definition) is 3. The van der Waals surface area contributed by atoms with Crippen LogP contribution in [0.25, 0.3) is 0 Å². The fraction of sp³-hybridized carbons (Fsp3) is 0.231. The highest BCUT2D eigenvalue weighted by molar-refractivity contribution is 7.08. The first-order chi connectivity index (χ1) is 7.81. The SMILES string of the molecule is CCOc1ccc([C@@H](N)c2ccsc2)cc1.Cl. The van der Waals surface area contributed by atoms with Crippen molar-refractivity contribution in [1.29, 1.82) is 0 Å². The molecular weight excluding hydrogens is 254 g/mol. The van der Waals surface area contributed by atoms with Gasteiger partial charge in [0, 0.05) is 0 Å². The van der Waals surface area contributed by atoms with Crippen LogP contribution in [0.3, 0.4) is 0 Å². The average molecular weight is 270 g/mol. The van der Waals surface area contributed by atoms with Gasteiger partial charge in [0.1, 0.15) is 5.75 Å². The molecule has 0 aliphatic heterocycles. The van der Waals surface area contributed by atoms with Crippen LogP contribution < -0.4 is 10.5 Å². The summed E-state index contributed by atoms with van der Waals surface area (Å²) in [5.74, 6) is 0.892. The minimum atomic E-state index is -0.0399. The Morgan fingerprint density at radius 1 is 1.18 bits per heavy atom. The van der Waals surface area contributed by atoms with E-state index in [2.05, 4.69) is 11.4 Å². The largest absolute Gasteiger partial charge is 0.494 e. The van der Waals surface area contributed by atoms with E-state index >= 15 is 0 Å². The van der Waals surface area contributed by atoms with Crippen LogP contribution >= 0.6 is 23.7 Å². The smallest absolute Gasteiger partial charge is 0.119 e. The second kappa shape index (κ2) is 6.64. The monoisotopic (exact) mass is 269 g/mol. The van der Waals surface area contributed by atoms with Gasteiger partial charge in [-0.1, -0.05) is 12.1 Å². The van der Waals surface area contributed by atoms with Crippen molar-refractivity contribution in [2.45, 2.75) is 13.0 Å². The number of halogens is 1. The molecule has 2 rings (SSSR count). The predicted molar refractivity (Wildman–Crippen MR) is 75.2 cm³/mol. The molecule has 0 saturated heterocycles. The Hall–Kier alpha value is -1.03. The fourth-order valence-corrected chi connectivity index (χ4v) is 2.28. The van der Waals surface area contributed by atoms with Crippen molar-refractivity contribution in [3.63, 3.8) is 0 Å². The number of hydrogen-bond donors (Lipinski definition) is 1. The molecule has 2 aromatic rings. The van der Waals surface area contributed by atoms with E-state index < -0.39 is 0 Å². The second-order valence-corrected chi connectivity index (χ2v) is 4.32. The van der Waals surface area contributed by atoms with Crippen molar-refractivity contribution in [3.05, 3.63) is 52.2 Å². The van der Waals surface area contributed by atoms with Crippen molar-refractivity contribution in [1.82, 2.24) is 0 Å². The third-order valence-electron chi connectivity index (χ3n) is 2.45. The molecule has 0 aliphatic rings. The Bertz CT molecular complexity index is 427. The highest BCUT2D eigenvalue weighted by Gasteiger charge is 2.08. The van der Waals surface area contributed by atoms with Gasteiger partial charge >= 0.3 is 0 Å². The summed E-state index contributed by atoms with van der Waals surface area (Å²) in [6.07, 6.45) is 0. The number of ether oxygens (including phenoxy) is 1. The lowest BCUT2D eigenvalue weighted by molar-refractivity contribution is 0.340. The van der Waals surface area contributed by atoms with Gasteiger partial charge in [0.25, 0.3) is 0 Å². The van der Waals surface area contributed by atoms with Gasteiger partial charge in [-0.05, 0) is 47.0 Å². The number of benzene rings is 1. The second-order valence-electron chi connectivity index (χ2n) is 3.54. The van der Waals surface area contributed by atoms with Crippen molar-refractivity contribution in [3.8, 4) is 5.75 Å². The molecule has 2 N–H and O–H groups in total. The lowest BCUT2D eigenvalue weighted by atomic mass is 10.0. The Balaban J connectivity index is 0.00000144. The van der Waals surface area contributed by atoms with Gasteiger partial charge in [-0.25, -0.2) is 0 Å². The molecule has 1 aromatic carbocycles. The Labute approximate surface area is 112 Å². The summed E-state index contributed by atoms with van der Waals surface area (Å²) in [6, 6.07) is 9.99. The molecule has 1 aromatic heterocycles. The molecule has 1 atom stereocenters. The first-order valence-corrected chi connectivity index (χ1v) is 6.26. The van der Waals surface area contributed by atoms with Gasteiger partial charge in [-0.15, -0.1) is 12.4 Å². The van der Waals surface area contributed by atoms with E-state index in [1.54, 1.807) is 11.3 Å². The maximum absolute atomic E-state index is 6.15. The highest BCUT2D eigenvalue weighted by Crippen LogP contribution is 2.23. The first kappa shape index (κ1) is 14.0. The zero-order valence-corrected chi connectivity index (χ0v) is 11.3. The van der Waals surface area contributed by atoms with Crippen molar-refractivity contribution in [2.75, 3.05) is 6.61 Å². The molecule has 0 radical (unpaired) electrons. The zero-order valence-electron chi connectivity index (χ0n) is 9.63. The maximum atomic E-state index is 6.15. The molecule has 92 valence electrons. The van der Waals surface area contributed by atoms with E-state index in [1.165, 1.54) is 0 Å². The summed E-state index contributed by atoms with van der Waals surface area (Å²) >= 11 is 1.67. The minimum absolute atomic E-state index is 0. The predicted octanol–water partition coefficient (Wildman–Crippen LogP) is 3.62. The molecule has 0 unspecified atom stereocenters. The maximum Gasteiger partial charge on any atom is 0.119 e. The van der Waals surface area contributed by atoms with Crippen molar-refractivity contribution in [2.24, 2.45) is 5.73 Å². The van der Waals surface area contributed by atoms with Crippen molar-refractivity contribution < 1.29 is 4.74 Å². The summed E-state index contributed by atoms with van der Waals surface area (Å²) in [5, 5.41) is 4.13. The van der Waals surface area contributed by atoms with Crippen LogP contribution in [0.4, 0.5) is 0 Å². The van der Waals surface area contributed by atoms with Gasteiger partial charge in [0.05, 0.1) is 12.6 Å². The van der Waals surface area contributed by atoms with Gasteiger partial charge in [0.15, 0.2) is 0 Å². The van der Waals surface area contributed by atoms with Gasteiger partial charge in [0.2, 0.25) is 0 Å². The lowest BCUT2D eigenvalue weighted by Crippen LogP contribution is -2.10. The Morgan fingerprint density at radius 2 is 1.88 bits per heavy atom. The van der Waals surface area contributed by atoms with E-state index in [9.17, 15) is 0 Å². The standard InChI is InChI=1S/C13H15NOS.ClH/c1-2-15-12-5-3-10(4-6-12)13(14)11-7-8-16-9-11;/h3-9,13H,2,14H2,1H3;1H/t13-;/m1./s1. The normalized spacial score (nSPS) is 11.6. The fourth-order valence-electron chi connectivity index (χ4n) is 1.58. The first-order valence-electron chi connectivity index (χ1n) is 5.31. The summed E-state index contributed by atoms with van der Waals surface area (Å²) in [7, 11) is 0. The molecule has 0 fully saturated rings. The molecule has 0 saturated carbocycles. The van der Waals surface area contributed by atoms with Crippen LogP contribution in [0.15, 0.2) is 41.1 Å². The quantitative estimate of drug-likeness (QED) is 0.920. The molecular formula is C13H16ClNOS. The number of rotatable bonds is 4. The van der Waals surface area contributed by atoms with Gasteiger partial charge < -0.3 is 10.5 Å². The zero-order chi connectivity index (χ0) is 11.4. The lowest BCUT2D eigenvalue weighted by Gasteiger charge is -2.11. The van der Waals surface area contributed by atoms with Crippen LogP contribution in [-0.4, -0.2) is 6.61 Å². The van der Waals surface area contributed by atoms with Crippen LogP contribution in [0.2, 0.25) is 0 Å². The van der Waals surface area contributed by atoms with Crippen LogP contribution in [0.5, 0.6) is 5.75 Å². The minimum Gasteiger partial charge on any atom is -0.494 e. The third kappa shape index (κ3) is 3.46. The molecule has 0 amide bonds. The summed E-state index contributed by atoms with van der Waals surface area (Å²) in [4.78, 5) is 0. The summed E-state index contributed by atoms with van der Waals surface area (Å²) in [5.41, 5.74) is 8.42. The van der Waals surface area contributed by atoms with E-state index in [-0.39, 0.29) is 18.4 Å².